The summed E-state index contributed by atoms with van der Waals surface area (Å²) >= 11 is 0. The van der Waals surface area contributed by atoms with Crippen LogP contribution in [0.15, 0.2) is 36.5 Å². The molecule has 0 spiro atoms. The molecule has 1 aromatic carbocycles. The van der Waals surface area contributed by atoms with Crippen LogP contribution in [-0.4, -0.2) is 53.9 Å². The predicted molar refractivity (Wildman–Crippen MR) is 109 cm³/mol. The number of carbonyl (C=O) groups is 2. The topological polar surface area (TPSA) is 65.5 Å². The number of aryl methyl sites for hydroxylation is 1. The quantitative estimate of drug-likeness (QED) is 0.888. The fourth-order valence-corrected chi connectivity index (χ4v) is 3.59. The lowest BCUT2D eigenvalue weighted by Crippen LogP contribution is -2.49. The summed E-state index contributed by atoms with van der Waals surface area (Å²) in [6.07, 6.45) is 3.59. The second-order valence-electron chi connectivity index (χ2n) is 7.68. The van der Waals surface area contributed by atoms with E-state index in [9.17, 15) is 9.59 Å². The Bertz CT molecular complexity index is 899. The van der Waals surface area contributed by atoms with Crippen LogP contribution in [0.4, 0.5) is 5.69 Å². The monoisotopic (exact) mass is 378 g/mol. The van der Waals surface area contributed by atoms with Crippen molar-refractivity contribution in [1.29, 1.82) is 0 Å². The van der Waals surface area contributed by atoms with Gasteiger partial charge in [-0.15, -0.1) is 0 Å². The minimum atomic E-state index is -0.197. The van der Waals surface area contributed by atoms with Crippen molar-refractivity contribution in [3.63, 3.8) is 0 Å². The SMILES string of the molecule is Cc1cccc(N2CCN(C(=O)c3ccnc(C(=O)NC4CC4)c3)CC2)c1C. The molecule has 1 aliphatic heterocycles. The highest BCUT2D eigenvalue weighted by Gasteiger charge is 2.26. The maximum Gasteiger partial charge on any atom is 0.270 e. The first-order valence-corrected chi connectivity index (χ1v) is 9.90. The number of hydrogen-bond donors (Lipinski definition) is 1. The lowest BCUT2D eigenvalue weighted by molar-refractivity contribution is 0.0746. The van der Waals surface area contributed by atoms with Crippen LogP contribution in [0.3, 0.4) is 0 Å². The molecule has 1 aromatic heterocycles. The average molecular weight is 378 g/mol. The third kappa shape index (κ3) is 3.86. The van der Waals surface area contributed by atoms with Crippen LogP contribution in [0.5, 0.6) is 0 Å². The zero-order valence-electron chi connectivity index (χ0n) is 16.4. The Morgan fingerprint density at radius 2 is 1.82 bits per heavy atom. The first-order valence-electron chi connectivity index (χ1n) is 9.90. The third-order valence-corrected chi connectivity index (χ3v) is 5.64. The summed E-state index contributed by atoms with van der Waals surface area (Å²) in [5.41, 5.74) is 4.66. The molecule has 0 atom stereocenters. The molecule has 2 amide bonds. The molecule has 28 heavy (non-hydrogen) atoms. The largest absolute Gasteiger partial charge is 0.368 e. The first kappa shape index (κ1) is 18.5. The maximum absolute atomic E-state index is 12.9. The second kappa shape index (κ2) is 7.62. The van der Waals surface area contributed by atoms with E-state index in [4.69, 9.17) is 0 Å². The van der Waals surface area contributed by atoms with E-state index >= 15 is 0 Å². The minimum Gasteiger partial charge on any atom is -0.368 e. The molecule has 1 saturated heterocycles. The van der Waals surface area contributed by atoms with E-state index in [1.165, 1.54) is 16.8 Å². The molecule has 4 rings (SSSR count). The number of rotatable bonds is 4. The molecule has 2 heterocycles. The van der Waals surface area contributed by atoms with E-state index in [-0.39, 0.29) is 17.9 Å². The second-order valence-corrected chi connectivity index (χ2v) is 7.68. The Balaban J connectivity index is 1.41. The zero-order chi connectivity index (χ0) is 19.7. The van der Waals surface area contributed by atoms with Gasteiger partial charge in [0.2, 0.25) is 0 Å². The minimum absolute atomic E-state index is 0.0384. The van der Waals surface area contributed by atoms with Gasteiger partial charge in [-0.05, 0) is 56.0 Å². The molecule has 6 nitrogen and oxygen atoms in total. The van der Waals surface area contributed by atoms with Gasteiger partial charge in [0.15, 0.2) is 0 Å². The van der Waals surface area contributed by atoms with Gasteiger partial charge in [-0.25, -0.2) is 0 Å². The van der Waals surface area contributed by atoms with Gasteiger partial charge in [0, 0.05) is 49.7 Å². The first-order chi connectivity index (χ1) is 13.5. The van der Waals surface area contributed by atoms with E-state index in [0.29, 0.717) is 24.3 Å². The number of aromatic nitrogens is 1. The normalized spacial score (nSPS) is 16.8. The highest BCUT2D eigenvalue weighted by atomic mass is 16.2. The maximum atomic E-state index is 12.9. The Labute approximate surface area is 165 Å². The van der Waals surface area contributed by atoms with E-state index in [0.717, 1.165) is 25.9 Å². The van der Waals surface area contributed by atoms with Gasteiger partial charge >= 0.3 is 0 Å². The van der Waals surface area contributed by atoms with Crippen molar-refractivity contribution in [3.05, 3.63) is 58.9 Å². The molecular weight excluding hydrogens is 352 g/mol. The standard InChI is InChI=1S/C22H26N4O2/c1-15-4-3-5-20(16(15)2)25-10-12-26(13-11-25)22(28)17-8-9-23-19(14-17)21(27)24-18-6-7-18/h3-5,8-9,14,18H,6-7,10-13H2,1-2H3,(H,24,27). The van der Waals surface area contributed by atoms with Crippen LogP contribution in [0.1, 0.15) is 44.8 Å². The molecule has 6 heteroatoms. The molecular formula is C22H26N4O2. The molecule has 2 aliphatic rings. The molecule has 1 N–H and O–H groups in total. The number of anilines is 1. The summed E-state index contributed by atoms with van der Waals surface area (Å²) in [6.45, 7) is 7.20. The fourth-order valence-electron chi connectivity index (χ4n) is 3.59. The van der Waals surface area contributed by atoms with Gasteiger partial charge in [0.25, 0.3) is 11.8 Å². The summed E-state index contributed by atoms with van der Waals surface area (Å²) in [7, 11) is 0. The van der Waals surface area contributed by atoms with Crippen LogP contribution >= 0.6 is 0 Å². The lowest BCUT2D eigenvalue weighted by atomic mass is 10.1. The van der Waals surface area contributed by atoms with E-state index in [1.807, 2.05) is 4.90 Å². The number of nitrogens with zero attached hydrogens (tertiary/aromatic N) is 3. The van der Waals surface area contributed by atoms with Crippen LogP contribution in [0, 0.1) is 13.8 Å². The number of pyridine rings is 1. The molecule has 0 bridgehead atoms. The van der Waals surface area contributed by atoms with Crippen molar-refractivity contribution < 1.29 is 9.59 Å². The molecule has 1 aliphatic carbocycles. The van der Waals surface area contributed by atoms with Gasteiger partial charge in [-0.1, -0.05) is 12.1 Å². The van der Waals surface area contributed by atoms with Gasteiger partial charge < -0.3 is 15.1 Å². The number of benzene rings is 1. The third-order valence-electron chi connectivity index (χ3n) is 5.64. The average Bonchev–Trinajstić information content (AvgIpc) is 3.54. The number of carbonyl (C=O) groups excluding carboxylic acids is 2. The van der Waals surface area contributed by atoms with Crippen LogP contribution in [0.25, 0.3) is 0 Å². The zero-order valence-corrected chi connectivity index (χ0v) is 16.4. The van der Waals surface area contributed by atoms with E-state index < -0.39 is 0 Å². The molecule has 1 saturated carbocycles. The van der Waals surface area contributed by atoms with Crippen molar-refractivity contribution in [2.75, 3.05) is 31.1 Å². The summed E-state index contributed by atoms with van der Waals surface area (Å²) in [5, 5.41) is 2.92. The summed E-state index contributed by atoms with van der Waals surface area (Å²) in [4.78, 5) is 33.4. The number of nitrogens with one attached hydrogen (secondary N) is 1. The van der Waals surface area contributed by atoms with Gasteiger partial charge in [0.05, 0.1) is 0 Å². The molecule has 2 aromatic rings. The molecule has 0 unspecified atom stereocenters. The van der Waals surface area contributed by atoms with Gasteiger partial charge in [0.1, 0.15) is 5.69 Å². The Morgan fingerprint density at radius 3 is 2.54 bits per heavy atom. The van der Waals surface area contributed by atoms with Crippen molar-refractivity contribution in [3.8, 4) is 0 Å². The summed E-state index contributed by atoms with van der Waals surface area (Å²) in [6, 6.07) is 9.92. The van der Waals surface area contributed by atoms with Gasteiger partial charge in [-0.2, -0.15) is 0 Å². The predicted octanol–water partition coefficient (Wildman–Crippen LogP) is 2.55. The van der Waals surface area contributed by atoms with Crippen LogP contribution < -0.4 is 10.2 Å². The Hall–Kier alpha value is -2.89. The fraction of sp³-hybridized carbons (Fsp3) is 0.409. The van der Waals surface area contributed by atoms with Crippen molar-refractivity contribution >= 4 is 17.5 Å². The Morgan fingerprint density at radius 1 is 1.07 bits per heavy atom. The van der Waals surface area contributed by atoms with Crippen LogP contribution in [-0.2, 0) is 0 Å². The van der Waals surface area contributed by atoms with Crippen LogP contribution in [0.2, 0.25) is 0 Å². The summed E-state index contributed by atoms with van der Waals surface area (Å²) < 4.78 is 0. The summed E-state index contributed by atoms with van der Waals surface area (Å²) in [5.74, 6) is -0.236. The molecule has 2 fully saturated rings. The molecule has 0 radical (unpaired) electrons. The highest BCUT2D eigenvalue weighted by molar-refractivity contribution is 5.98. The number of amides is 2. The lowest BCUT2D eigenvalue weighted by Gasteiger charge is -2.37. The molecule has 146 valence electrons. The number of hydrogen-bond acceptors (Lipinski definition) is 4. The van der Waals surface area contributed by atoms with Crippen molar-refractivity contribution in [2.24, 2.45) is 0 Å². The van der Waals surface area contributed by atoms with E-state index in [2.05, 4.69) is 47.2 Å². The highest BCUT2D eigenvalue weighted by Crippen LogP contribution is 2.24. The van der Waals surface area contributed by atoms with Crippen molar-refractivity contribution in [2.45, 2.75) is 32.7 Å². The Kier molecular flexibility index (Phi) is 5.03. The van der Waals surface area contributed by atoms with Gasteiger partial charge in [-0.3, -0.25) is 14.6 Å². The smallest absolute Gasteiger partial charge is 0.270 e. The van der Waals surface area contributed by atoms with Crippen molar-refractivity contribution in [1.82, 2.24) is 15.2 Å². The number of piperazine rings is 1. The van der Waals surface area contributed by atoms with E-state index in [1.54, 1.807) is 18.3 Å².